The van der Waals surface area contributed by atoms with Gasteiger partial charge in [-0.1, -0.05) is 29.8 Å². The van der Waals surface area contributed by atoms with Gasteiger partial charge in [-0.25, -0.2) is 0 Å². The maximum Gasteiger partial charge on any atom is 0.167 e. The van der Waals surface area contributed by atoms with Gasteiger partial charge in [0.1, 0.15) is 5.75 Å². The van der Waals surface area contributed by atoms with Gasteiger partial charge in [-0.2, -0.15) is 0 Å². The molecule has 0 unspecified atom stereocenters. The van der Waals surface area contributed by atoms with Gasteiger partial charge in [0, 0.05) is 35.2 Å². The van der Waals surface area contributed by atoms with Crippen LogP contribution in [-0.2, 0) is 6.54 Å². The summed E-state index contributed by atoms with van der Waals surface area (Å²) in [5.41, 5.74) is 2.62. The average Bonchev–Trinajstić information content (AvgIpc) is 2.57. The topological polar surface area (TPSA) is 40.5 Å². The number of halogens is 1. The lowest BCUT2D eigenvalue weighted by Crippen LogP contribution is -2.38. The molecule has 3 rings (SSSR count). The Morgan fingerprint density at radius 3 is 2.83 bits per heavy atom. The zero-order chi connectivity index (χ0) is 17.1. The zero-order valence-corrected chi connectivity index (χ0v) is 14.6. The van der Waals surface area contributed by atoms with Crippen LogP contribution in [0.15, 0.2) is 42.5 Å². The quantitative estimate of drug-likeness (QED) is 0.834. The number of aromatic hydroxyl groups is 1. The van der Waals surface area contributed by atoms with Gasteiger partial charge in [0.15, 0.2) is 5.78 Å². The number of benzene rings is 2. The molecule has 1 saturated heterocycles. The molecule has 0 spiro atoms. The van der Waals surface area contributed by atoms with Crippen LogP contribution in [-0.4, -0.2) is 28.9 Å². The highest BCUT2D eigenvalue weighted by Gasteiger charge is 2.27. The molecule has 1 N–H and O–H groups in total. The van der Waals surface area contributed by atoms with E-state index in [4.69, 9.17) is 11.6 Å². The summed E-state index contributed by atoms with van der Waals surface area (Å²) in [6.45, 7) is 4.30. The van der Waals surface area contributed by atoms with Crippen LogP contribution in [0, 0.1) is 12.8 Å². The Bertz CT molecular complexity index is 744. The van der Waals surface area contributed by atoms with E-state index in [0.29, 0.717) is 17.3 Å². The second kappa shape index (κ2) is 7.37. The van der Waals surface area contributed by atoms with Crippen LogP contribution in [0.1, 0.15) is 34.3 Å². The highest BCUT2D eigenvalue weighted by molar-refractivity contribution is 6.30. The summed E-state index contributed by atoms with van der Waals surface area (Å²) in [6, 6.07) is 12.9. The Hall–Kier alpha value is -1.84. The molecule has 126 valence electrons. The van der Waals surface area contributed by atoms with Crippen molar-refractivity contribution in [2.45, 2.75) is 26.3 Å². The first-order valence-corrected chi connectivity index (χ1v) is 8.72. The fourth-order valence-electron chi connectivity index (χ4n) is 3.42. The number of aryl methyl sites for hydroxylation is 1. The number of ketones is 1. The normalized spacial score (nSPS) is 18.5. The SMILES string of the molecule is Cc1cc(Cl)ccc1C(=O)[C@H]1CCCN(Cc2ccccc2O)C1. The van der Waals surface area contributed by atoms with Crippen molar-refractivity contribution in [1.82, 2.24) is 4.90 Å². The fourth-order valence-corrected chi connectivity index (χ4v) is 3.65. The van der Waals surface area contributed by atoms with Crippen molar-refractivity contribution < 1.29 is 9.90 Å². The number of nitrogens with zero attached hydrogens (tertiary/aromatic N) is 1. The first-order valence-electron chi connectivity index (χ1n) is 8.34. The van der Waals surface area contributed by atoms with Crippen LogP contribution < -0.4 is 0 Å². The predicted octanol–water partition coefficient (Wildman–Crippen LogP) is 4.45. The van der Waals surface area contributed by atoms with E-state index >= 15 is 0 Å². The number of Topliss-reactive ketones (excluding diaryl/α,β-unsaturated/α-hetero) is 1. The molecular weight excluding hydrogens is 322 g/mol. The minimum Gasteiger partial charge on any atom is -0.508 e. The van der Waals surface area contributed by atoms with E-state index in [0.717, 1.165) is 42.6 Å². The Labute approximate surface area is 147 Å². The summed E-state index contributed by atoms with van der Waals surface area (Å²) in [6.07, 6.45) is 1.91. The molecule has 1 aliphatic rings. The molecule has 0 aromatic heterocycles. The van der Waals surface area contributed by atoms with Gasteiger partial charge in [0.05, 0.1) is 0 Å². The van der Waals surface area contributed by atoms with Crippen LogP contribution in [0.4, 0.5) is 0 Å². The summed E-state index contributed by atoms with van der Waals surface area (Å²) in [5, 5.41) is 10.6. The van der Waals surface area contributed by atoms with E-state index < -0.39 is 0 Å². The smallest absolute Gasteiger partial charge is 0.167 e. The second-order valence-corrected chi connectivity index (χ2v) is 6.96. The van der Waals surface area contributed by atoms with Gasteiger partial charge >= 0.3 is 0 Å². The first-order chi connectivity index (χ1) is 11.5. The molecule has 0 saturated carbocycles. The maximum absolute atomic E-state index is 12.9. The monoisotopic (exact) mass is 343 g/mol. The number of phenols is 1. The summed E-state index contributed by atoms with van der Waals surface area (Å²) in [7, 11) is 0. The lowest BCUT2D eigenvalue weighted by Gasteiger charge is -2.32. The third kappa shape index (κ3) is 3.80. The van der Waals surface area contributed by atoms with Gasteiger partial charge < -0.3 is 5.11 Å². The molecule has 24 heavy (non-hydrogen) atoms. The van der Waals surface area contributed by atoms with Crippen LogP contribution in [0.5, 0.6) is 5.75 Å². The fraction of sp³-hybridized carbons (Fsp3) is 0.350. The van der Waals surface area contributed by atoms with Gasteiger partial charge in [-0.3, -0.25) is 9.69 Å². The number of hydrogen-bond donors (Lipinski definition) is 1. The highest BCUT2D eigenvalue weighted by Crippen LogP contribution is 2.26. The molecule has 3 nitrogen and oxygen atoms in total. The second-order valence-electron chi connectivity index (χ2n) is 6.53. The predicted molar refractivity (Wildman–Crippen MR) is 96.6 cm³/mol. The summed E-state index contributed by atoms with van der Waals surface area (Å²) in [5.74, 6) is 0.523. The lowest BCUT2D eigenvalue weighted by molar-refractivity contribution is 0.0810. The van der Waals surface area contributed by atoms with Gasteiger partial charge in [0.25, 0.3) is 0 Å². The maximum atomic E-state index is 12.9. The third-order valence-corrected chi connectivity index (χ3v) is 4.95. The number of likely N-dealkylation sites (tertiary alicyclic amines) is 1. The Morgan fingerprint density at radius 1 is 1.29 bits per heavy atom. The first kappa shape index (κ1) is 17.0. The number of phenolic OH excluding ortho intramolecular Hbond substituents is 1. The largest absolute Gasteiger partial charge is 0.508 e. The van der Waals surface area contributed by atoms with Crippen molar-refractivity contribution in [2.24, 2.45) is 5.92 Å². The van der Waals surface area contributed by atoms with E-state index in [2.05, 4.69) is 4.90 Å². The standard InChI is InChI=1S/C20H22ClNO2/c1-14-11-17(21)8-9-18(14)20(24)16-6-4-10-22(13-16)12-15-5-2-3-7-19(15)23/h2-3,5,7-9,11,16,23H,4,6,10,12-13H2,1H3/t16-/m0/s1. The van der Waals surface area contributed by atoms with Crippen molar-refractivity contribution in [3.8, 4) is 5.75 Å². The van der Waals surface area contributed by atoms with Gasteiger partial charge in [-0.05, 0) is 56.1 Å². The molecular formula is C20H22ClNO2. The average molecular weight is 344 g/mol. The Kier molecular flexibility index (Phi) is 5.22. The number of carbonyl (C=O) groups excluding carboxylic acids is 1. The van der Waals surface area contributed by atoms with Crippen molar-refractivity contribution in [2.75, 3.05) is 13.1 Å². The number of para-hydroxylation sites is 1. The molecule has 1 heterocycles. The number of rotatable bonds is 4. The van der Waals surface area contributed by atoms with Crippen molar-refractivity contribution >= 4 is 17.4 Å². The van der Waals surface area contributed by atoms with Gasteiger partial charge in [-0.15, -0.1) is 0 Å². The van der Waals surface area contributed by atoms with E-state index in [1.807, 2.05) is 37.3 Å². The number of piperidine rings is 1. The number of hydrogen-bond acceptors (Lipinski definition) is 3. The van der Waals surface area contributed by atoms with Crippen LogP contribution >= 0.6 is 11.6 Å². The minimum atomic E-state index is 0.00415. The molecule has 0 amide bonds. The molecule has 1 aliphatic heterocycles. The van der Waals surface area contributed by atoms with Crippen LogP contribution in [0.3, 0.4) is 0 Å². The number of carbonyl (C=O) groups is 1. The van der Waals surface area contributed by atoms with Gasteiger partial charge in [0.2, 0.25) is 0 Å². The Balaban J connectivity index is 1.71. The van der Waals surface area contributed by atoms with E-state index in [1.165, 1.54) is 0 Å². The highest BCUT2D eigenvalue weighted by atomic mass is 35.5. The van der Waals surface area contributed by atoms with Crippen molar-refractivity contribution in [3.05, 3.63) is 64.2 Å². The molecule has 0 radical (unpaired) electrons. The van der Waals surface area contributed by atoms with E-state index in [1.54, 1.807) is 12.1 Å². The lowest BCUT2D eigenvalue weighted by atomic mass is 9.88. The molecule has 2 aromatic carbocycles. The van der Waals surface area contributed by atoms with E-state index in [9.17, 15) is 9.90 Å². The zero-order valence-electron chi connectivity index (χ0n) is 13.8. The molecule has 0 bridgehead atoms. The summed E-state index contributed by atoms with van der Waals surface area (Å²) >= 11 is 5.99. The minimum absolute atomic E-state index is 0.00415. The molecule has 1 atom stereocenters. The van der Waals surface area contributed by atoms with E-state index in [-0.39, 0.29) is 11.7 Å². The summed E-state index contributed by atoms with van der Waals surface area (Å²) < 4.78 is 0. The van der Waals surface area contributed by atoms with Crippen LogP contribution in [0.2, 0.25) is 5.02 Å². The van der Waals surface area contributed by atoms with Crippen LogP contribution in [0.25, 0.3) is 0 Å². The molecule has 4 heteroatoms. The molecule has 1 fully saturated rings. The van der Waals surface area contributed by atoms with Crippen molar-refractivity contribution in [3.63, 3.8) is 0 Å². The third-order valence-electron chi connectivity index (χ3n) is 4.72. The Morgan fingerprint density at radius 2 is 2.08 bits per heavy atom. The van der Waals surface area contributed by atoms with Crippen molar-refractivity contribution in [1.29, 1.82) is 0 Å². The molecule has 2 aromatic rings. The summed E-state index contributed by atoms with van der Waals surface area (Å²) in [4.78, 5) is 15.1. The molecule has 0 aliphatic carbocycles.